The molecule has 2 atom stereocenters. The molecule has 11 nitrogen and oxygen atoms in total. The van der Waals surface area contributed by atoms with Crippen LogP contribution in [0.3, 0.4) is 0 Å². The SMILES string of the molecule is O=C(O)NC(c1ccccc1)c1cccc(OCc2cccc(C(=O)N3CCC(CNC[C@H](O)c4ccc(O)c5[nH]c(=O)ccc45)CC3)c2)c1. The number of piperidine rings is 1. The number of phenols is 1. The van der Waals surface area contributed by atoms with E-state index in [1.165, 1.54) is 12.1 Å². The maximum Gasteiger partial charge on any atom is 0.405 e. The van der Waals surface area contributed by atoms with Crippen molar-refractivity contribution in [1.82, 2.24) is 20.5 Å². The highest BCUT2D eigenvalue weighted by atomic mass is 16.5. The maximum atomic E-state index is 13.4. The number of benzene rings is 4. The molecule has 1 unspecified atom stereocenters. The smallest absolute Gasteiger partial charge is 0.405 e. The summed E-state index contributed by atoms with van der Waals surface area (Å²) >= 11 is 0. The second kappa shape index (κ2) is 15.7. The number of aromatic hydroxyl groups is 1. The zero-order valence-corrected chi connectivity index (χ0v) is 27.4. The number of nitrogens with zero attached hydrogens (tertiary/aromatic N) is 1. The molecule has 4 aromatic carbocycles. The van der Waals surface area contributed by atoms with Crippen LogP contribution >= 0.6 is 0 Å². The van der Waals surface area contributed by atoms with Gasteiger partial charge in [0.25, 0.3) is 5.91 Å². The van der Waals surface area contributed by atoms with Crippen molar-refractivity contribution in [2.45, 2.75) is 31.6 Å². The van der Waals surface area contributed by atoms with Crippen LogP contribution in [0.5, 0.6) is 11.5 Å². The van der Waals surface area contributed by atoms with Gasteiger partial charge in [-0.2, -0.15) is 0 Å². The number of hydrogen-bond acceptors (Lipinski definition) is 7. The van der Waals surface area contributed by atoms with Gasteiger partial charge in [-0.1, -0.05) is 60.7 Å². The molecule has 1 aliphatic rings. The van der Waals surface area contributed by atoms with E-state index in [4.69, 9.17) is 4.74 Å². The number of likely N-dealkylation sites (tertiary alicyclic amines) is 1. The molecule has 1 fully saturated rings. The lowest BCUT2D eigenvalue weighted by atomic mass is 9.95. The van der Waals surface area contributed by atoms with Gasteiger partial charge >= 0.3 is 6.09 Å². The van der Waals surface area contributed by atoms with E-state index < -0.39 is 18.2 Å². The number of carbonyl (C=O) groups is 2. The summed E-state index contributed by atoms with van der Waals surface area (Å²) in [5.74, 6) is 0.860. The summed E-state index contributed by atoms with van der Waals surface area (Å²) < 4.78 is 6.08. The molecule has 50 heavy (non-hydrogen) atoms. The second-order valence-corrected chi connectivity index (χ2v) is 12.5. The molecule has 6 rings (SSSR count). The summed E-state index contributed by atoms with van der Waals surface area (Å²) in [6, 6.07) is 29.6. The lowest BCUT2D eigenvalue weighted by Crippen LogP contribution is -2.41. The fourth-order valence-electron chi connectivity index (χ4n) is 6.48. The highest BCUT2D eigenvalue weighted by Crippen LogP contribution is 2.29. The van der Waals surface area contributed by atoms with Gasteiger partial charge in [0.2, 0.25) is 5.56 Å². The minimum absolute atomic E-state index is 0.0293. The number of phenolic OH excluding ortho intramolecular Hbond substituents is 1. The van der Waals surface area contributed by atoms with E-state index >= 15 is 0 Å². The van der Waals surface area contributed by atoms with E-state index in [1.807, 2.05) is 83.8 Å². The number of H-pyrrole nitrogens is 1. The van der Waals surface area contributed by atoms with Gasteiger partial charge in [-0.15, -0.1) is 0 Å². The predicted octanol–water partition coefficient (Wildman–Crippen LogP) is 5.35. The highest BCUT2D eigenvalue weighted by molar-refractivity contribution is 5.94. The van der Waals surface area contributed by atoms with Crippen molar-refractivity contribution in [3.63, 3.8) is 0 Å². The third kappa shape index (κ3) is 8.31. The van der Waals surface area contributed by atoms with E-state index in [2.05, 4.69) is 15.6 Å². The molecule has 11 heteroatoms. The molecule has 0 spiro atoms. The molecular formula is C39H40N4O7. The van der Waals surface area contributed by atoms with Crippen molar-refractivity contribution < 1.29 is 29.6 Å². The predicted molar refractivity (Wildman–Crippen MR) is 189 cm³/mol. The summed E-state index contributed by atoms with van der Waals surface area (Å²) in [6.45, 7) is 2.50. The van der Waals surface area contributed by atoms with Crippen molar-refractivity contribution in [3.8, 4) is 11.5 Å². The number of ether oxygens (including phenoxy) is 1. The van der Waals surface area contributed by atoms with Crippen LogP contribution in [0.15, 0.2) is 108 Å². The number of pyridine rings is 1. The summed E-state index contributed by atoms with van der Waals surface area (Å²) in [4.78, 5) is 41.2. The Hall–Kier alpha value is -5.65. The van der Waals surface area contributed by atoms with E-state index in [0.29, 0.717) is 59.9 Å². The second-order valence-electron chi connectivity index (χ2n) is 12.5. The van der Waals surface area contributed by atoms with Crippen molar-refractivity contribution >= 4 is 22.9 Å². The zero-order chi connectivity index (χ0) is 35.0. The van der Waals surface area contributed by atoms with Crippen LogP contribution in [-0.4, -0.2) is 63.4 Å². The number of aliphatic hydroxyl groups is 1. The molecule has 258 valence electrons. The molecule has 2 heterocycles. The van der Waals surface area contributed by atoms with Gasteiger partial charge in [0, 0.05) is 36.7 Å². The van der Waals surface area contributed by atoms with Gasteiger partial charge in [-0.3, -0.25) is 9.59 Å². The van der Waals surface area contributed by atoms with Gasteiger partial charge < -0.3 is 40.6 Å². The van der Waals surface area contributed by atoms with Crippen molar-refractivity contribution in [2.24, 2.45) is 5.92 Å². The van der Waals surface area contributed by atoms with Crippen LogP contribution in [-0.2, 0) is 6.61 Å². The number of fused-ring (bicyclic) bond motifs is 1. The highest BCUT2D eigenvalue weighted by Gasteiger charge is 2.24. The van der Waals surface area contributed by atoms with Gasteiger partial charge in [0.15, 0.2) is 0 Å². The first kappa shape index (κ1) is 34.2. The van der Waals surface area contributed by atoms with E-state index in [1.54, 1.807) is 12.1 Å². The Kier molecular flexibility index (Phi) is 10.8. The molecule has 0 radical (unpaired) electrons. The molecule has 0 aliphatic carbocycles. The average molecular weight is 677 g/mol. The number of carboxylic acid groups (broad SMARTS) is 1. The minimum Gasteiger partial charge on any atom is -0.506 e. The van der Waals surface area contributed by atoms with Gasteiger partial charge in [0.1, 0.15) is 18.1 Å². The lowest BCUT2D eigenvalue weighted by Gasteiger charge is -2.32. The Morgan fingerprint density at radius 2 is 1.66 bits per heavy atom. The molecule has 6 N–H and O–H groups in total. The van der Waals surface area contributed by atoms with Crippen LogP contribution in [0.1, 0.15) is 57.6 Å². The number of amides is 2. The Labute approximate surface area is 289 Å². The Bertz CT molecular complexity index is 2010. The molecule has 5 aromatic rings. The lowest BCUT2D eigenvalue weighted by molar-refractivity contribution is 0.0688. The minimum atomic E-state index is -1.12. The number of nitrogens with one attached hydrogen (secondary N) is 3. The first-order chi connectivity index (χ1) is 24.2. The van der Waals surface area contributed by atoms with E-state index in [9.17, 15) is 29.7 Å². The molecule has 0 bridgehead atoms. The van der Waals surface area contributed by atoms with Gasteiger partial charge in [-0.05, 0) is 84.0 Å². The first-order valence-electron chi connectivity index (χ1n) is 16.6. The maximum absolute atomic E-state index is 13.4. The molecule has 1 aromatic heterocycles. The fraction of sp³-hybridized carbons (Fsp3) is 0.256. The molecule has 1 aliphatic heterocycles. The van der Waals surface area contributed by atoms with Gasteiger partial charge in [0.05, 0.1) is 17.7 Å². The number of carbonyl (C=O) groups excluding carboxylic acids is 1. The Morgan fingerprint density at radius 1 is 0.900 bits per heavy atom. The standard InChI is InChI=1S/C39H40N4O7/c44-33-14-12-31(32-13-15-35(46)41-37(32)33)34(45)23-40-22-25-16-18-43(19-17-25)38(47)29-10-4-6-26(20-29)24-50-30-11-5-9-28(21-30)36(42-39(48)49)27-7-2-1-3-8-27/h1-15,20-21,25,34,36,40,42,44-45H,16-19,22-24H2,(H,41,46)(H,48,49)/t34-,36?/m0/s1. The topological polar surface area (TPSA) is 164 Å². The summed E-state index contributed by atoms with van der Waals surface area (Å²) in [5.41, 5.74) is 3.60. The zero-order valence-electron chi connectivity index (χ0n) is 27.4. The van der Waals surface area contributed by atoms with E-state index in [-0.39, 0.29) is 23.8 Å². The van der Waals surface area contributed by atoms with Crippen molar-refractivity contribution in [3.05, 3.63) is 141 Å². The van der Waals surface area contributed by atoms with Crippen LogP contribution in [0, 0.1) is 5.92 Å². The number of aliphatic hydroxyl groups excluding tert-OH is 1. The molecule has 0 saturated carbocycles. The molecule has 2 amide bonds. The van der Waals surface area contributed by atoms with Crippen LogP contribution < -0.4 is 20.9 Å². The van der Waals surface area contributed by atoms with Crippen LogP contribution in [0.2, 0.25) is 0 Å². The van der Waals surface area contributed by atoms with Crippen molar-refractivity contribution in [2.75, 3.05) is 26.2 Å². The quantitative estimate of drug-likeness (QED) is 0.103. The molecule has 1 saturated heterocycles. The normalized spacial score (nSPS) is 14.6. The summed E-state index contributed by atoms with van der Waals surface area (Å²) in [7, 11) is 0. The number of rotatable bonds is 12. The van der Waals surface area contributed by atoms with Crippen LogP contribution in [0.25, 0.3) is 10.9 Å². The molecular weight excluding hydrogens is 636 g/mol. The monoisotopic (exact) mass is 676 g/mol. The number of hydrogen-bond donors (Lipinski definition) is 6. The largest absolute Gasteiger partial charge is 0.506 e. The van der Waals surface area contributed by atoms with Crippen LogP contribution in [0.4, 0.5) is 4.79 Å². The summed E-state index contributed by atoms with van der Waals surface area (Å²) in [5, 5.41) is 36.9. The average Bonchev–Trinajstić information content (AvgIpc) is 3.14. The summed E-state index contributed by atoms with van der Waals surface area (Å²) in [6.07, 6.45) is -0.286. The Morgan fingerprint density at radius 3 is 2.44 bits per heavy atom. The van der Waals surface area contributed by atoms with Crippen molar-refractivity contribution in [1.29, 1.82) is 0 Å². The third-order valence-corrected chi connectivity index (χ3v) is 9.11. The first-order valence-corrected chi connectivity index (χ1v) is 16.6. The Balaban J connectivity index is 0.993. The van der Waals surface area contributed by atoms with E-state index in [0.717, 1.165) is 29.5 Å². The third-order valence-electron chi connectivity index (χ3n) is 9.11. The fourth-order valence-corrected chi connectivity index (χ4v) is 6.48. The number of aromatic nitrogens is 1. The number of aromatic amines is 1. The van der Waals surface area contributed by atoms with Gasteiger partial charge in [-0.25, -0.2) is 4.79 Å².